The lowest BCUT2D eigenvalue weighted by atomic mass is 10.0. The molecule has 4 nitrogen and oxygen atoms in total. The number of benzene rings is 2. The van der Waals surface area contributed by atoms with Crippen LogP contribution in [0.1, 0.15) is 47.3 Å². The Morgan fingerprint density at radius 2 is 1.68 bits per heavy atom. The summed E-state index contributed by atoms with van der Waals surface area (Å²) in [5, 5.41) is 12.3. The van der Waals surface area contributed by atoms with Gasteiger partial charge in [-0.1, -0.05) is 31.2 Å². The quantitative estimate of drug-likeness (QED) is 0.724. The molecule has 0 aliphatic rings. The van der Waals surface area contributed by atoms with Crippen LogP contribution in [0, 0.1) is 5.82 Å². The van der Waals surface area contributed by atoms with Crippen LogP contribution in [-0.4, -0.2) is 23.4 Å². The summed E-state index contributed by atoms with van der Waals surface area (Å²) in [7, 11) is 0. The molecule has 1 atom stereocenters. The molecule has 0 saturated heterocycles. The fraction of sp³-hybridized carbons (Fsp3) is 0.300. The van der Waals surface area contributed by atoms with Crippen LogP contribution < -0.4 is 5.32 Å². The maximum atomic E-state index is 12.9. The molecule has 2 aromatic carbocycles. The Hall–Kier alpha value is -2.53. The van der Waals surface area contributed by atoms with Gasteiger partial charge >= 0.3 is 0 Å². The number of aliphatic hydroxyl groups is 1. The van der Waals surface area contributed by atoms with Crippen LogP contribution in [0.5, 0.6) is 0 Å². The van der Waals surface area contributed by atoms with Crippen LogP contribution in [-0.2, 0) is 11.2 Å². The number of rotatable bonds is 8. The molecule has 0 bridgehead atoms. The van der Waals surface area contributed by atoms with E-state index in [1.165, 1.54) is 29.8 Å². The molecule has 0 aliphatic carbocycles. The first kappa shape index (κ1) is 18.8. The molecule has 2 N–H and O–H groups in total. The predicted molar refractivity (Wildman–Crippen MR) is 93.8 cm³/mol. The van der Waals surface area contributed by atoms with E-state index in [0.717, 1.165) is 12.0 Å². The zero-order chi connectivity index (χ0) is 18.2. The first-order valence-corrected chi connectivity index (χ1v) is 8.31. The Kier molecular flexibility index (Phi) is 6.83. The summed E-state index contributed by atoms with van der Waals surface area (Å²) >= 11 is 0. The van der Waals surface area contributed by atoms with Crippen LogP contribution in [0.25, 0.3) is 0 Å². The Balaban J connectivity index is 1.88. The fourth-order valence-electron chi connectivity index (χ4n) is 2.49. The van der Waals surface area contributed by atoms with Crippen molar-refractivity contribution >= 4 is 11.7 Å². The van der Waals surface area contributed by atoms with Gasteiger partial charge in [-0.05, 0) is 41.8 Å². The number of carbonyl (C=O) groups excluding carboxylic acids is 2. The Morgan fingerprint density at radius 1 is 1.04 bits per heavy atom. The molecule has 132 valence electrons. The minimum Gasteiger partial charge on any atom is -0.394 e. The monoisotopic (exact) mass is 343 g/mol. The highest BCUT2D eigenvalue weighted by molar-refractivity contribution is 5.97. The molecule has 0 fully saturated rings. The molecular weight excluding hydrogens is 321 g/mol. The van der Waals surface area contributed by atoms with Crippen molar-refractivity contribution in [2.75, 3.05) is 6.61 Å². The van der Waals surface area contributed by atoms with Gasteiger partial charge in [-0.25, -0.2) is 4.39 Å². The van der Waals surface area contributed by atoms with E-state index < -0.39 is 11.9 Å². The van der Waals surface area contributed by atoms with Gasteiger partial charge < -0.3 is 10.4 Å². The Labute approximate surface area is 146 Å². The minimum atomic E-state index is -0.501. The molecule has 0 radical (unpaired) electrons. The molecule has 1 unspecified atom stereocenters. The molecular formula is C20H22FNO3. The molecule has 5 heteroatoms. The van der Waals surface area contributed by atoms with Crippen molar-refractivity contribution in [3.05, 3.63) is 71.0 Å². The van der Waals surface area contributed by atoms with Crippen LogP contribution in [0.15, 0.2) is 48.5 Å². The van der Waals surface area contributed by atoms with Crippen molar-refractivity contribution in [3.8, 4) is 0 Å². The molecule has 1 amide bonds. The van der Waals surface area contributed by atoms with Crippen molar-refractivity contribution in [2.45, 2.75) is 32.2 Å². The second kappa shape index (κ2) is 9.08. The van der Waals surface area contributed by atoms with Crippen LogP contribution in [0.3, 0.4) is 0 Å². The van der Waals surface area contributed by atoms with E-state index in [1.54, 1.807) is 0 Å². The van der Waals surface area contributed by atoms with Gasteiger partial charge in [0.25, 0.3) is 0 Å². The number of aliphatic hydroxyl groups excluding tert-OH is 1. The zero-order valence-corrected chi connectivity index (χ0v) is 14.2. The van der Waals surface area contributed by atoms with Gasteiger partial charge in [0.2, 0.25) is 5.91 Å². The lowest BCUT2D eigenvalue weighted by Gasteiger charge is -2.17. The molecule has 0 aliphatic heterocycles. The average molecular weight is 343 g/mol. The van der Waals surface area contributed by atoms with Gasteiger partial charge in [0.15, 0.2) is 5.78 Å². The number of Topliss-reactive ketones (excluding diaryl/α,β-unsaturated/α-hetero) is 1. The maximum Gasteiger partial charge on any atom is 0.221 e. The summed E-state index contributed by atoms with van der Waals surface area (Å²) in [6, 6.07) is 12.4. The van der Waals surface area contributed by atoms with E-state index in [9.17, 15) is 19.1 Å². The van der Waals surface area contributed by atoms with Crippen molar-refractivity contribution in [1.29, 1.82) is 0 Å². The summed E-state index contributed by atoms with van der Waals surface area (Å²) in [5.74, 6) is -0.939. The lowest BCUT2D eigenvalue weighted by Crippen LogP contribution is -2.31. The second-order valence-corrected chi connectivity index (χ2v) is 5.83. The molecule has 0 saturated carbocycles. The maximum absolute atomic E-state index is 12.9. The van der Waals surface area contributed by atoms with Gasteiger partial charge in [-0.3, -0.25) is 9.59 Å². The zero-order valence-electron chi connectivity index (χ0n) is 14.2. The van der Waals surface area contributed by atoms with Crippen molar-refractivity contribution < 1.29 is 19.1 Å². The Bertz CT molecular complexity index is 711. The third kappa shape index (κ3) is 5.50. The fourth-order valence-corrected chi connectivity index (χ4v) is 2.49. The number of amides is 1. The number of hydrogen-bond acceptors (Lipinski definition) is 3. The molecule has 0 heterocycles. The molecule has 0 spiro atoms. The van der Waals surface area contributed by atoms with E-state index in [4.69, 9.17) is 0 Å². The third-order valence-corrected chi connectivity index (χ3v) is 4.05. The van der Waals surface area contributed by atoms with E-state index >= 15 is 0 Å². The highest BCUT2D eigenvalue weighted by Crippen LogP contribution is 2.15. The van der Waals surface area contributed by atoms with Crippen LogP contribution in [0.4, 0.5) is 4.39 Å². The smallest absolute Gasteiger partial charge is 0.221 e. The second-order valence-electron chi connectivity index (χ2n) is 5.83. The summed E-state index contributed by atoms with van der Waals surface area (Å²) in [4.78, 5) is 24.1. The van der Waals surface area contributed by atoms with E-state index in [2.05, 4.69) is 12.2 Å². The number of nitrogens with one attached hydrogen (secondary N) is 1. The number of aryl methyl sites for hydroxylation is 1. The normalized spacial score (nSPS) is 11.8. The largest absolute Gasteiger partial charge is 0.394 e. The predicted octanol–water partition coefficient (Wildman–Crippen LogP) is 3.20. The van der Waals surface area contributed by atoms with Crippen molar-refractivity contribution in [1.82, 2.24) is 5.32 Å². The summed E-state index contributed by atoms with van der Waals surface area (Å²) in [6.45, 7) is 1.83. The summed E-state index contributed by atoms with van der Waals surface area (Å²) < 4.78 is 12.9. The van der Waals surface area contributed by atoms with Gasteiger partial charge in [-0.15, -0.1) is 0 Å². The number of ketones is 1. The first-order chi connectivity index (χ1) is 12.0. The summed E-state index contributed by atoms with van der Waals surface area (Å²) in [5.41, 5.74) is 2.37. The number of hydrogen-bond donors (Lipinski definition) is 2. The topological polar surface area (TPSA) is 66.4 Å². The molecule has 2 rings (SSSR count). The number of halogens is 1. The summed E-state index contributed by atoms with van der Waals surface area (Å²) in [6.07, 6.45) is 0.964. The Morgan fingerprint density at radius 3 is 2.24 bits per heavy atom. The minimum absolute atomic E-state index is 0.0136. The molecule has 25 heavy (non-hydrogen) atoms. The van der Waals surface area contributed by atoms with Crippen LogP contribution >= 0.6 is 0 Å². The standard InChI is InChI=1S/C20H22FNO3/c1-2-14-3-5-15(6-4-14)18(13-23)22-20(25)12-11-19(24)16-7-9-17(21)10-8-16/h3-10,18,23H,2,11-13H2,1H3,(H,22,25). The highest BCUT2D eigenvalue weighted by atomic mass is 19.1. The average Bonchev–Trinajstić information content (AvgIpc) is 2.65. The lowest BCUT2D eigenvalue weighted by molar-refractivity contribution is -0.122. The molecule has 0 aromatic heterocycles. The third-order valence-electron chi connectivity index (χ3n) is 4.05. The molecule has 2 aromatic rings. The van der Waals surface area contributed by atoms with E-state index in [1.807, 2.05) is 24.3 Å². The number of carbonyl (C=O) groups is 2. The van der Waals surface area contributed by atoms with Gasteiger partial charge in [-0.2, -0.15) is 0 Å². The van der Waals surface area contributed by atoms with E-state index in [-0.39, 0.29) is 31.1 Å². The van der Waals surface area contributed by atoms with Crippen LogP contribution in [0.2, 0.25) is 0 Å². The van der Waals surface area contributed by atoms with E-state index in [0.29, 0.717) is 5.56 Å². The van der Waals surface area contributed by atoms with Crippen molar-refractivity contribution in [2.24, 2.45) is 0 Å². The van der Waals surface area contributed by atoms with Gasteiger partial charge in [0.05, 0.1) is 12.6 Å². The highest BCUT2D eigenvalue weighted by Gasteiger charge is 2.15. The van der Waals surface area contributed by atoms with Crippen molar-refractivity contribution in [3.63, 3.8) is 0 Å². The van der Waals surface area contributed by atoms with Gasteiger partial charge in [0, 0.05) is 18.4 Å². The SMILES string of the molecule is CCc1ccc(C(CO)NC(=O)CCC(=O)c2ccc(F)cc2)cc1. The first-order valence-electron chi connectivity index (χ1n) is 8.31. The van der Waals surface area contributed by atoms with Gasteiger partial charge in [0.1, 0.15) is 5.82 Å².